The normalized spacial score (nSPS) is 16.8. The van der Waals surface area contributed by atoms with Crippen LogP contribution in [-0.4, -0.2) is 27.8 Å². The fourth-order valence-electron chi connectivity index (χ4n) is 2.77. The van der Waals surface area contributed by atoms with Crippen molar-refractivity contribution in [2.75, 3.05) is 5.01 Å². The van der Waals surface area contributed by atoms with Gasteiger partial charge in [0.05, 0.1) is 23.7 Å². The van der Waals surface area contributed by atoms with E-state index in [4.69, 9.17) is 0 Å². The number of aliphatic hydroxyl groups excluding tert-OH is 1. The van der Waals surface area contributed by atoms with E-state index < -0.39 is 6.04 Å². The Balaban J connectivity index is 1.53. The molecule has 1 N–H and O–H groups in total. The minimum Gasteiger partial charge on any atom is -0.392 e. The summed E-state index contributed by atoms with van der Waals surface area (Å²) in [6.07, 6.45) is 0. The third-order valence-corrected chi connectivity index (χ3v) is 5.04. The largest absolute Gasteiger partial charge is 0.392 e. The lowest BCUT2D eigenvalue weighted by Crippen LogP contribution is -2.29. The van der Waals surface area contributed by atoms with Crippen LogP contribution in [0.2, 0.25) is 0 Å². The van der Waals surface area contributed by atoms with Crippen molar-refractivity contribution in [3.63, 3.8) is 0 Å². The average molecular weight is 391 g/mol. The second kappa shape index (κ2) is 7.79. The minimum absolute atomic E-state index is 0.0756. The molecule has 0 aliphatic carbocycles. The molecular formula is C20H17N5O2S. The van der Waals surface area contributed by atoms with Crippen LogP contribution in [0.5, 0.6) is 0 Å². The SMILES string of the molecule is CC1=NN(c2nc(-c3ccccc3)cs2)C(=O)C1N=Nc1cccc(CO)c1. The monoisotopic (exact) mass is 391 g/mol. The van der Waals surface area contributed by atoms with E-state index in [-0.39, 0.29) is 12.5 Å². The van der Waals surface area contributed by atoms with Crippen LogP contribution in [0.4, 0.5) is 10.8 Å². The molecule has 2 heterocycles. The molecule has 3 aromatic rings. The molecule has 0 saturated carbocycles. The number of nitrogens with zero attached hydrogens (tertiary/aromatic N) is 5. The molecule has 0 bridgehead atoms. The van der Waals surface area contributed by atoms with E-state index in [1.807, 2.05) is 35.7 Å². The average Bonchev–Trinajstić information content (AvgIpc) is 3.32. The Morgan fingerprint density at radius 2 is 2.00 bits per heavy atom. The van der Waals surface area contributed by atoms with E-state index >= 15 is 0 Å². The summed E-state index contributed by atoms with van der Waals surface area (Å²) in [6, 6.07) is 16.1. The number of carbonyl (C=O) groups excluding carboxylic acids is 1. The maximum atomic E-state index is 12.8. The first kappa shape index (κ1) is 18.1. The fraction of sp³-hybridized carbons (Fsp3) is 0.150. The van der Waals surface area contributed by atoms with Crippen molar-refractivity contribution in [2.45, 2.75) is 19.6 Å². The first-order valence-corrected chi connectivity index (χ1v) is 9.54. The van der Waals surface area contributed by atoms with Gasteiger partial charge in [0.25, 0.3) is 5.91 Å². The molecule has 1 unspecified atom stereocenters. The lowest BCUT2D eigenvalue weighted by molar-refractivity contribution is -0.117. The molecule has 8 heteroatoms. The van der Waals surface area contributed by atoms with Crippen molar-refractivity contribution in [3.8, 4) is 11.3 Å². The molecule has 140 valence electrons. The smallest absolute Gasteiger partial charge is 0.282 e. The maximum Gasteiger partial charge on any atom is 0.282 e. The summed E-state index contributed by atoms with van der Waals surface area (Å²) in [4.78, 5) is 17.3. The van der Waals surface area contributed by atoms with Gasteiger partial charge in [0.15, 0.2) is 6.04 Å². The predicted molar refractivity (Wildman–Crippen MR) is 109 cm³/mol. The molecule has 1 aliphatic rings. The summed E-state index contributed by atoms with van der Waals surface area (Å²) in [6.45, 7) is 1.67. The van der Waals surface area contributed by atoms with Crippen LogP contribution in [0.15, 0.2) is 75.3 Å². The number of hydrazone groups is 1. The highest BCUT2D eigenvalue weighted by molar-refractivity contribution is 7.14. The summed E-state index contributed by atoms with van der Waals surface area (Å²) in [5.41, 5.74) is 3.65. The molecule has 7 nitrogen and oxygen atoms in total. The van der Waals surface area contributed by atoms with E-state index in [2.05, 4.69) is 20.3 Å². The number of thiazole rings is 1. The highest BCUT2D eigenvalue weighted by Gasteiger charge is 2.36. The van der Waals surface area contributed by atoms with E-state index in [1.54, 1.807) is 31.2 Å². The molecule has 0 spiro atoms. The number of aliphatic hydroxyl groups is 1. The third kappa shape index (κ3) is 3.60. The molecule has 0 radical (unpaired) electrons. The number of aromatic nitrogens is 1. The Hall–Kier alpha value is -3.23. The quantitative estimate of drug-likeness (QED) is 0.662. The summed E-state index contributed by atoms with van der Waals surface area (Å²) in [5.74, 6) is -0.284. The molecule has 4 rings (SSSR count). The number of amides is 1. The fourth-order valence-corrected chi connectivity index (χ4v) is 3.56. The Morgan fingerprint density at radius 1 is 1.18 bits per heavy atom. The zero-order valence-electron chi connectivity index (χ0n) is 15.1. The topological polar surface area (TPSA) is 90.5 Å². The molecule has 0 saturated heterocycles. The van der Waals surface area contributed by atoms with Gasteiger partial charge in [-0.05, 0) is 24.6 Å². The second-order valence-electron chi connectivity index (χ2n) is 6.22. The van der Waals surface area contributed by atoms with Crippen LogP contribution < -0.4 is 5.01 Å². The van der Waals surface area contributed by atoms with Crippen LogP contribution >= 0.6 is 11.3 Å². The molecule has 1 aromatic heterocycles. The summed E-state index contributed by atoms with van der Waals surface area (Å²) < 4.78 is 0. The molecule has 1 amide bonds. The molecule has 28 heavy (non-hydrogen) atoms. The van der Waals surface area contributed by atoms with Gasteiger partial charge in [-0.15, -0.1) is 11.3 Å². The van der Waals surface area contributed by atoms with Gasteiger partial charge in [0.1, 0.15) is 0 Å². The summed E-state index contributed by atoms with van der Waals surface area (Å²) >= 11 is 1.36. The van der Waals surface area contributed by atoms with E-state index in [9.17, 15) is 9.90 Å². The molecule has 2 aromatic carbocycles. The molecule has 1 aliphatic heterocycles. The van der Waals surface area contributed by atoms with Crippen molar-refractivity contribution < 1.29 is 9.90 Å². The predicted octanol–water partition coefficient (Wildman–Crippen LogP) is 4.18. The van der Waals surface area contributed by atoms with Crippen molar-refractivity contribution in [1.82, 2.24) is 4.98 Å². The van der Waals surface area contributed by atoms with Crippen LogP contribution in [0.1, 0.15) is 12.5 Å². The standard InChI is InChI=1S/C20H17N5O2S/c1-13-18(23-22-16-9-5-6-14(10-16)11-26)19(27)25(24-13)20-21-17(12-28-20)15-7-3-2-4-8-15/h2-10,12,18,26H,11H2,1H3. The van der Waals surface area contributed by atoms with Gasteiger partial charge in [0, 0.05) is 10.9 Å². The Labute approximate surface area is 165 Å². The van der Waals surface area contributed by atoms with E-state index in [0.29, 0.717) is 16.5 Å². The molecule has 1 atom stereocenters. The number of rotatable bonds is 5. The number of azo groups is 1. The Kier molecular flexibility index (Phi) is 5.05. The summed E-state index contributed by atoms with van der Waals surface area (Å²) in [5, 5.41) is 25.6. The minimum atomic E-state index is -0.776. The van der Waals surface area contributed by atoms with Gasteiger partial charge in [-0.2, -0.15) is 20.3 Å². The zero-order chi connectivity index (χ0) is 19.5. The third-order valence-electron chi connectivity index (χ3n) is 4.22. The maximum absolute atomic E-state index is 12.8. The lowest BCUT2D eigenvalue weighted by atomic mass is 10.2. The van der Waals surface area contributed by atoms with Crippen LogP contribution in [0.3, 0.4) is 0 Å². The number of benzene rings is 2. The Bertz CT molecular complexity index is 1060. The van der Waals surface area contributed by atoms with Crippen molar-refractivity contribution in [2.24, 2.45) is 15.3 Å². The highest BCUT2D eigenvalue weighted by atomic mass is 32.1. The van der Waals surface area contributed by atoms with Gasteiger partial charge < -0.3 is 5.11 Å². The van der Waals surface area contributed by atoms with Crippen LogP contribution in [0, 0.1) is 0 Å². The summed E-state index contributed by atoms with van der Waals surface area (Å²) in [7, 11) is 0. The first-order valence-electron chi connectivity index (χ1n) is 8.66. The van der Waals surface area contributed by atoms with Gasteiger partial charge in [-0.25, -0.2) is 4.98 Å². The Morgan fingerprint density at radius 3 is 2.79 bits per heavy atom. The van der Waals surface area contributed by atoms with Crippen LogP contribution in [-0.2, 0) is 11.4 Å². The van der Waals surface area contributed by atoms with Crippen molar-refractivity contribution in [3.05, 3.63) is 65.5 Å². The molecule has 0 fully saturated rings. The van der Waals surface area contributed by atoms with E-state index in [0.717, 1.165) is 16.8 Å². The van der Waals surface area contributed by atoms with Crippen molar-refractivity contribution >= 4 is 33.8 Å². The van der Waals surface area contributed by atoms with Gasteiger partial charge in [-0.3, -0.25) is 4.79 Å². The number of carbonyl (C=O) groups is 1. The van der Waals surface area contributed by atoms with Crippen molar-refractivity contribution in [1.29, 1.82) is 0 Å². The van der Waals surface area contributed by atoms with Crippen LogP contribution in [0.25, 0.3) is 11.3 Å². The van der Waals surface area contributed by atoms with E-state index in [1.165, 1.54) is 16.3 Å². The second-order valence-corrected chi connectivity index (χ2v) is 7.06. The zero-order valence-corrected chi connectivity index (χ0v) is 15.9. The number of anilines is 1. The van der Waals surface area contributed by atoms with Gasteiger partial charge in [-0.1, -0.05) is 42.5 Å². The van der Waals surface area contributed by atoms with Gasteiger partial charge >= 0.3 is 0 Å². The molecular weight excluding hydrogens is 374 g/mol. The first-order chi connectivity index (χ1) is 13.7. The van der Waals surface area contributed by atoms with Gasteiger partial charge in [0.2, 0.25) is 5.13 Å². The number of hydrogen-bond donors (Lipinski definition) is 1. The number of hydrogen-bond acceptors (Lipinski definition) is 7. The highest BCUT2D eigenvalue weighted by Crippen LogP contribution is 2.30. The lowest BCUT2D eigenvalue weighted by Gasteiger charge is -2.08.